The van der Waals surface area contributed by atoms with Gasteiger partial charge in [0.2, 0.25) is 0 Å². The SMILES string of the molecule is CCOC(=O)C1CCCN(S(=O)(=O)NCCCN)C1. The van der Waals surface area contributed by atoms with Crippen molar-refractivity contribution in [1.82, 2.24) is 9.03 Å². The van der Waals surface area contributed by atoms with Crippen molar-refractivity contribution in [2.45, 2.75) is 26.2 Å². The minimum absolute atomic E-state index is 0.191. The molecule has 0 amide bonds. The van der Waals surface area contributed by atoms with Gasteiger partial charge in [-0.3, -0.25) is 4.79 Å². The van der Waals surface area contributed by atoms with Gasteiger partial charge in [0.05, 0.1) is 12.5 Å². The van der Waals surface area contributed by atoms with Crippen LogP contribution < -0.4 is 10.5 Å². The lowest BCUT2D eigenvalue weighted by Crippen LogP contribution is -2.48. The quantitative estimate of drug-likeness (QED) is 0.484. The van der Waals surface area contributed by atoms with Crippen molar-refractivity contribution in [3.63, 3.8) is 0 Å². The number of nitrogens with two attached hydrogens (primary N) is 1. The van der Waals surface area contributed by atoms with E-state index in [0.29, 0.717) is 45.5 Å². The second-order valence-electron chi connectivity index (χ2n) is 4.49. The van der Waals surface area contributed by atoms with E-state index in [2.05, 4.69) is 4.72 Å². The molecule has 112 valence electrons. The molecule has 1 rings (SSSR count). The molecule has 0 aromatic carbocycles. The van der Waals surface area contributed by atoms with Gasteiger partial charge in [0.1, 0.15) is 0 Å². The maximum atomic E-state index is 12.0. The van der Waals surface area contributed by atoms with Crippen molar-refractivity contribution < 1.29 is 17.9 Å². The standard InChI is InChI=1S/C11H23N3O4S/c1-2-18-11(15)10-5-3-8-14(9-10)19(16,17)13-7-4-6-12/h10,13H,2-9,12H2,1H3. The number of carbonyl (C=O) groups excluding carboxylic acids is 1. The van der Waals surface area contributed by atoms with E-state index in [1.54, 1.807) is 6.92 Å². The number of nitrogens with one attached hydrogen (secondary N) is 1. The number of piperidine rings is 1. The normalized spacial score (nSPS) is 21.3. The topological polar surface area (TPSA) is 102 Å². The van der Waals surface area contributed by atoms with Crippen LogP contribution >= 0.6 is 0 Å². The van der Waals surface area contributed by atoms with E-state index in [0.717, 1.165) is 0 Å². The van der Waals surface area contributed by atoms with E-state index in [1.807, 2.05) is 0 Å². The van der Waals surface area contributed by atoms with Crippen LogP contribution in [-0.4, -0.2) is 51.5 Å². The summed E-state index contributed by atoms with van der Waals surface area (Å²) in [6.45, 7) is 3.44. The van der Waals surface area contributed by atoms with Crippen LogP contribution in [0.2, 0.25) is 0 Å². The highest BCUT2D eigenvalue weighted by Crippen LogP contribution is 2.19. The number of rotatable bonds is 7. The van der Waals surface area contributed by atoms with Gasteiger partial charge in [-0.1, -0.05) is 0 Å². The summed E-state index contributed by atoms with van der Waals surface area (Å²) in [5, 5.41) is 0. The monoisotopic (exact) mass is 293 g/mol. The van der Waals surface area contributed by atoms with Crippen LogP contribution in [0.5, 0.6) is 0 Å². The highest BCUT2D eigenvalue weighted by atomic mass is 32.2. The molecule has 8 heteroatoms. The van der Waals surface area contributed by atoms with Gasteiger partial charge < -0.3 is 10.5 Å². The molecule has 0 aromatic rings. The fourth-order valence-corrected chi connectivity index (χ4v) is 3.34. The second-order valence-corrected chi connectivity index (χ2v) is 6.25. The van der Waals surface area contributed by atoms with Crippen molar-refractivity contribution in [2.24, 2.45) is 11.7 Å². The Morgan fingerprint density at radius 1 is 1.53 bits per heavy atom. The van der Waals surface area contributed by atoms with Crippen molar-refractivity contribution >= 4 is 16.2 Å². The summed E-state index contributed by atoms with van der Waals surface area (Å²) < 4.78 is 32.8. The van der Waals surface area contributed by atoms with Gasteiger partial charge in [-0.2, -0.15) is 12.7 Å². The molecule has 1 unspecified atom stereocenters. The van der Waals surface area contributed by atoms with Crippen LogP contribution in [0.15, 0.2) is 0 Å². The van der Waals surface area contributed by atoms with E-state index in [4.69, 9.17) is 10.5 Å². The molecule has 1 fully saturated rings. The van der Waals surface area contributed by atoms with Gasteiger partial charge in [-0.25, -0.2) is 4.72 Å². The number of hydrogen-bond acceptors (Lipinski definition) is 5. The zero-order valence-corrected chi connectivity index (χ0v) is 12.1. The summed E-state index contributed by atoms with van der Waals surface area (Å²) in [4.78, 5) is 11.7. The van der Waals surface area contributed by atoms with Crippen molar-refractivity contribution in [3.05, 3.63) is 0 Å². The zero-order chi connectivity index (χ0) is 14.3. The molecule has 7 nitrogen and oxygen atoms in total. The lowest BCUT2D eigenvalue weighted by atomic mass is 10.0. The lowest BCUT2D eigenvalue weighted by molar-refractivity contribution is -0.149. The van der Waals surface area contributed by atoms with E-state index < -0.39 is 10.2 Å². The van der Waals surface area contributed by atoms with E-state index in [-0.39, 0.29) is 18.4 Å². The van der Waals surface area contributed by atoms with Gasteiger partial charge in [0.15, 0.2) is 0 Å². The van der Waals surface area contributed by atoms with Crippen LogP contribution in [0.25, 0.3) is 0 Å². The molecule has 19 heavy (non-hydrogen) atoms. The minimum atomic E-state index is -3.52. The third kappa shape index (κ3) is 5.06. The van der Waals surface area contributed by atoms with Crippen LogP contribution in [0, 0.1) is 5.92 Å². The maximum absolute atomic E-state index is 12.0. The van der Waals surface area contributed by atoms with Gasteiger partial charge in [-0.15, -0.1) is 0 Å². The van der Waals surface area contributed by atoms with Gasteiger partial charge >= 0.3 is 5.97 Å². The van der Waals surface area contributed by atoms with E-state index >= 15 is 0 Å². The van der Waals surface area contributed by atoms with Gasteiger partial charge in [0, 0.05) is 19.6 Å². The predicted octanol–water partition coefficient (Wildman–Crippen LogP) is -0.555. The van der Waals surface area contributed by atoms with Gasteiger partial charge in [-0.05, 0) is 32.7 Å². The summed E-state index contributed by atoms with van der Waals surface area (Å²) in [5.41, 5.74) is 5.32. The molecule has 0 spiro atoms. The first kappa shape index (κ1) is 16.4. The van der Waals surface area contributed by atoms with E-state index in [9.17, 15) is 13.2 Å². The first-order chi connectivity index (χ1) is 9.01. The van der Waals surface area contributed by atoms with Crippen LogP contribution in [0.1, 0.15) is 26.2 Å². The zero-order valence-electron chi connectivity index (χ0n) is 11.3. The number of hydrogen-bond donors (Lipinski definition) is 2. The molecule has 0 bridgehead atoms. The molecule has 1 aliphatic rings. The van der Waals surface area contributed by atoms with Crippen molar-refractivity contribution in [2.75, 3.05) is 32.8 Å². The fourth-order valence-electron chi connectivity index (χ4n) is 2.01. The first-order valence-electron chi connectivity index (χ1n) is 6.62. The van der Waals surface area contributed by atoms with Crippen molar-refractivity contribution in [1.29, 1.82) is 0 Å². The second kappa shape index (κ2) is 7.78. The lowest BCUT2D eigenvalue weighted by Gasteiger charge is -2.30. The molecule has 0 aromatic heterocycles. The molecule has 3 N–H and O–H groups in total. The Bertz CT molecular complexity index is 385. The summed E-state index contributed by atoms with van der Waals surface area (Å²) in [5.74, 6) is -0.677. The van der Waals surface area contributed by atoms with Gasteiger partial charge in [0.25, 0.3) is 10.2 Å². The Morgan fingerprint density at radius 3 is 2.89 bits per heavy atom. The third-order valence-electron chi connectivity index (χ3n) is 3.01. The predicted molar refractivity (Wildman–Crippen MR) is 71.5 cm³/mol. The summed E-state index contributed by atoms with van der Waals surface area (Å²) in [7, 11) is -3.52. The van der Waals surface area contributed by atoms with Crippen LogP contribution in [0.3, 0.4) is 0 Å². The Morgan fingerprint density at radius 2 is 2.26 bits per heavy atom. The molecular formula is C11H23N3O4S. The molecule has 0 radical (unpaired) electrons. The summed E-state index contributed by atoms with van der Waals surface area (Å²) in [6.07, 6.45) is 1.93. The largest absolute Gasteiger partial charge is 0.466 e. The minimum Gasteiger partial charge on any atom is -0.466 e. The number of esters is 1. The number of ether oxygens (including phenoxy) is 1. The van der Waals surface area contributed by atoms with Crippen LogP contribution in [-0.2, 0) is 19.7 Å². The Hall–Kier alpha value is -0.700. The molecular weight excluding hydrogens is 270 g/mol. The molecule has 1 aliphatic heterocycles. The molecule has 0 saturated carbocycles. The average Bonchev–Trinajstić information content (AvgIpc) is 2.39. The summed E-state index contributed by atoms with van der Waals surface area (Å²) in [6, 6.07) is 0. The number of carbonyl (C=O) groups is 1. The average molecular weight is 293 g/mol. The van der Waals surface area contributed by atoms with Crippen LogP contribution in [0.4, 0.5) is 0 Å². The maximum Gasteiger partial charge on any atom is 0.310 e. The first-order valence-corrected chi connectivity index (χ1v) is 8.06. The number of nitrogens with zero attached hydrogens (tertiary/aromatic N) is 1. The molecule has 0 aliphatic carbocycles. The Kier molecular flexibility index (Phi) is 6.70. The molecule has 1 atom stereocenters. The molecule has 1 saturated heterocycles. The highest BCUT2D eigenvalue weighted by Gasteiger charge is 2.32. The fraction of sp³-hybridized carbons (Fsp3) is 0.909. The highest BCUT2D eigenvalue weighted by molar-refractivity contribution is 7.87. The van der Waals surface area contributed by atoms with Crippen molar-refractivity contribution in [3.8, 4) is 0 Å². The third-order valence-corrected chi connectivity index (χ3v) is 4.59. The smallest absolute Gasteiger partial charge is 0.310 e. The Labute approximate surface area is 114 Å². The van der Waals surface area contributed by atoms with E-state index in [1.165, 1.54) is 4.31 Å². The Balaban J connectivity index is 2.55. The molecule has 1 heterocycles. The summed E-state index contributed by atoms with van der Waals surface area (Å²) >= 11 is 0.